The molecule has 1 aromatic rings. The van der Waals surface area contributed by atoms with E-state index < -0.39 is 22.0 Å². The Bertz CT molecular complexity index is 500. The second-order valence-electron chi connectivity index (χ2n) is 4.12. The summed E-state index contributed by atoms with van der Waals surface area (Å²) in [6, 6.07) is 5.07. The van der Waals surface area contributed by atoms with E-state index in [2.05, 4.69) is 4.74 Å². The average Bonchev–Trinajstić information content (AvgIpc) is 2.69. The molecule has 0 aliphatic carbocycles. The third-order valence-corrected chi connectivity index (χ3v) is 4.36. The Labute approximate surface area is 114 Å². The summed E-state index contributed by atoms with van der Waals surface area (Å²) < 4.78 is 27.9. The van der Waals surface area contributed by atoms with E-state index in [1.165, 1.54) is 7.11 Å². The minimum absolute atomic E-state index is 0.495. The van der Waals surface area contributed by atoms with Crippen LogP contribution in [0.1, 0.15) is 13.3 Å². The maximum atomic E-state index is 12.2. The Balaban J connectivity index is 2.24. The molecular formula is C13H16O5S. The van der Waals surface area contributed by atoms with Gasteiger partial charge in [-0.3, -0.25) is 9.00 Å². The highest BCUT2D eigenvalue weighted by Crippen LogP contribution is 2.32. The van der Waals surface area contributed by atoms with Crippen LogP contribution < -0.4 is 9.47 Å². The van der Waals surface area contributed by atoms with E-state index in [1.807, 2.05) is 0 Å². The van der Waals surface area contributed by atoms with Gasteiger partial charge in [-0.2, -0.15) is 0 Å². The van der Waals surface area contributed by atoms with Gasteiger partial charge in [0.1, 0.15) is 5.25 Å². The van der Waals surface area contributed by atoms with Gasteiger partial charge in [0.15, 0.2) is 11.5 Å². The second kappa shape index (κ2) is 6.06. The Morgan fingerprint density at radius 1 is 1.32 bits per heavy atom. The number of benzene rings is 1. The standard InChI is InChI=1S/C13H16O5S/c1-9(13(14)16-2)19(15)10-4-5-11-12(8-10)18-7-3-6-17-11/h4-5,8-9H,3,6-7H2,1-2H3. The molecule has 104 valence electrons. The number of methoxy groups -OCH3 is 1. The third-order valence-electron chi connectivity index (χ3n) is 2.81. The summed E-state index contributed by atoms with van der Waals surface area (Å²) in [4.78, 5) is 11.9. The summed E-state index contributed by atoms with van der Waals surface area (Å²) in [6.07, 6.45) is 0.811. The average molecular weight is 284 g/mol. The summed E-state index contributed by atoms with van der Waals surface area (Å²) in [5.41, 5.74) is 0. The molecule has 0 bridgehead atoms. The van der Waals surface area contributed by atoms with Crippen molar-refractivity contribution in [3.63, 3.8) is 0 Å². The fourth-order valence-corrected chi connectivity index (χ4v) is 2.83. The van der Waals surface area contributed by atoms with Gasteiger partial charge >= 0.3 is 5.97 Å². The summed E-state index contributed by atoms with van der Waals surface area (Å²) >= 11 is 0. The zero-order chi connectivity index (χ0) is 13.8. The molecule has 5 nitrogen and oxygen atoms in total. The molecule has 1 aromatic carbocycles. The van der Waals surface area contributed by atoms with Gasteiger partial charge in [-0.15, -0.1) is 0 Å². The monoisotopic (exact) mass is 284 g/mol. The summed E-state index contributed by atoms with van der Waals surface area (Å²) in [5.74, 6) is 0.717. The van der Waals surface area contributed by atoms with Crippen molar-refractivity contribution in [3.05, 3.63) is 18.2 Å². The molecule has 1 aliphatic rings. The zero-order valence-electron chi connectivity index (χ0n) is 10.9. The number of esters is 1. The predicted octanol–water partition coefficient (Wildman–Crippen LogP) is 1.52. The van der Waals surface area contributed by atoms with Crippen molar-refractivity contribution < 1.29 is 23.2 Å². The van der Waals surface area contributed by atoms with Gasteiger partial charge in [0.05, 0.1) is 31.1 Å². The summed E-state index contributed by atoms with van der Waals surface area (Å²) in [7, 11) is -0.190. The van der Waals surface area contributed by atoms with Crippen molar-refractivity contribution in [2.45, 2.75) is 23.5 Å². The van der Waals surface area contributed by atoms with Crippen LogP contribution in [-0.2, 0) is 20.3 Å². The lowest BCUT2D eigenvalue weighted by atomic mass is 10.3. The molecule has 0 amide bonds. The van der Waals surface area contributed by atoms with E-state index in [0.29, 0.717) is 29.6 Å². The quantitative estimate of drug-likeness (QED) is 0.787. The normalized spacial score (nSPS) is 17.2. The van der Waals surface area contributed by atoms with Crippen molar-refractivity contribution >= 4 is 16.8 Å². The SMILES string of the molecule is COC(=O)C(C)S(=O)c1ccc2c(c1)OCCCO2. The van der Waals surface area contributed by atoms with E-state index in [9.17, 15) is 9.00 Å². The number of carbonyl (C=O) groups excluding carboxylic acids is 1. The third kappa shape index (κ3) is 3.07. The lowest BCUT2D eigenvalue weighted by Gasteiger charge is -2.12. The second-order valence-corrected chi connectivity index (χ2v) is 5.90. The highest BCUT2D eigenvalue weighted by molar-refractivity contribution is 7.86. The van der Waals surface area contributed by atoms with Crippen LogP contribution in [0.3, 0.4) is 0 Å². The van der Waals surface area contributed by atoms with E-state index in [0.717, 1.165) is 6.42 Å². The molecule has 2 rings (SSSR count). The first-order valence-corrected chi connectivity index (χ1v) is 7.23. The van der Waals surface area contributed by atoms with Crippen LogP contribution in [0, 0.1) is 0 Å². The van der Waals surface area contributed by atoms with Crippen molar-refractivity contribution in [2.24, 2.45) is 0 Å². The number of hydrogen-bond acceptors (Lipinski definition) is 5. The molecule has 0 fully saturated rings. The first-order chi connectivity index (χ1) is 9.13. The van der Waals surface area contributed by atoms with E-state index in [1.54, 1.807) is 25.1 Å². The maximum Gasteiger partial charge on any atom is 0.321 e. The molecule has 0 saturated carbocycles. The first kappa shape index (κ1) is 13.9. The minimum Gasteiger partial charge on any atom is -0.490 e. The molecular weight excluding hydrogens is 268 g/mol. The molecule has 2 unspecified atom stereocenters. The fourth-order valence-electron chi connectivity index (χ4n) is 1.73. The van der Waals surface area contributed by atoms with Crippen LogP contribution in [0.4, 0.5) is 0 Å². The molecule has 2 atom stereocenters. The molecule has 0 saturated heterocycles. The van der Waals surface area contributed by atoms with Gasteiger partial charge in [-0.05, 0) is 19.1 Å². The molecule has 6 heteroatoms. The van der Waals surface area contributed by atoms with Gasteiger partial charge in [0.2, 0.25) is 0 Å². The summed E-state index contributed by atoms with van der Waals surface area (Å²) in [5, 5.41) is -0.713. The number of rotatable bonds is 3. The van der Waals surface area contributed by atoms with Crippen LogP contribution >= 0.6 is 0 Å². The predicted molar refractivity (Wildman–Crippen MR) is 69.9 cm³/mol. The van der Waals surface area contributed by atoms with Crippen LogP contribution in [0.2, 0.25) is 0 Å². The van der Waals surface area contributed by atoms with E-state index in [-0.39, 0.29) is 0 Å². The highest BCUT2D eigenvalue weighted by Gasteiger charge is 2.23. The van der Waals surface area contributed by atoms with Crippen molar-refractivity contribution in [2.75, 3.05) is 20.3 Å². The van der Waals surface area contributed by atoms with Crippen LogP contribution in [0.25, 0.3) is 0 Å². The fraction of sp³-hybridized carbons (Fsp3) is 0.462. The first-order valence-electron chi connectivity index (χ1n) is 6.01. The molecule has 0 N–H and O–H groups in total. The maximum absolute atomic E-state index is 12.2. The van der Waals surface area contributed by atoms with Crippen molar-refractivity contribution in [1.29, 1.82) is 0 Å². The number of fused-ring (bicyclic) bond motifs is 1. The molecule has 1 aliphatic heterocycles. The summed E-state index contributed by atoms with van der Waals surface area (Å²) in [6.45, 7) is 2.74. The van der Waals surface area contributed by atoms with Gasteiger partial charge in [0.25, 0.3) is 0 Å². The Morgan fingerprint density at radius 3 is 2.68 bits per heavy atom. The van der Waals surface area contributed by atoms with Gasteiger partial charge < -0.3 is 14.2 Å². The Kier molecular flexibility index (Phi) is 4.42. The lowest BCUT2D eigenvalue weighted by Crippen LogP contribution is -2.23. The minimum atomic E-state index is -1.47. The van der Waals surface area contributed by atoms with Crippen molar-refractivity contribution in [3.8, 4) is 11.5 Å². The number of carbonyl (C=O) groups is 1. The number of hydrogen-bond donors (Lipinski definition) is 0. The lowest BCUT2D eigenvalue weighted by molar-refractivity contribution is -0.139. The molecule has 0 aromatic heterocycles. The van der Waals surface area contributed by atoms with Crippen LogP contribution in [0.15, 0.2) is 23.1 Å². The smallest absolute Gasteiger partial charge is 0.321 e. The highest BCUT2D eigenvalue weighted by atomic mass is 32.2. The molecule has 0 radical (unpaired) electrons. The van der Waals surface area contributed by atoms with E-state index in [4.69, 9.17) is 9.47 Å². The van der Waals surface area contributed by atoms with Gasteiger partial charge in [-0.1, -0.05) is 0 Å². The largest absolute Gasteiger partial charge is 0.490 e. The molecule has 0 spiro atoms. The molecule has 19 heavy (non-hydrogen) atoms. The Morgan fingerprint density at radius 2 is 2.00 bits per heavy atom. The van der Waals surface area contributed by atoms with E-state index >= 15 is 0 Å². The van der Waals surface area contributed by atoms with Crippen molar-refractivity contribution in [1.82, 2.24) is 0 Å². The van der Waals surface area contributed by atoms with Gasteiger partial charge in [-0.25, -0.2) is 0 Å². The zero-order valence-corrected chi connectivity index (χ0v) is 11.7. The number of ether oxygens (including phenoxy) is 3. The topological polar surface area (TPSA) is 61.8 Å². The molecule has 1 heterocycles. The van der Waals surface area contributed by atoms with Crippen LogP contribution in [0.5, 0.6) is 11.5 Å². The van der Waals surface area contributed by atoms with Gasteiger partial charge in [0, 0.05) is 17.4 Å². The van der Waals surface area contributed by atoms with Crippen LogP contribution in [-0.4, -0.2) is 35.8 Å². The Hall–Kier alpha value is -1.56.